The van der Waals surface area contributed by atoms with Gasteiger partial charge in [0.05, 0.1) is 6.04 Å². The molecular formula is C12H12BrFN2S. The van der Waals surface area contributed by atoms with Crippen LogP contribution in [0.25, 0.3) is 0 Å². The van der Waals surface area contributed by atoms with Crippen molar-refractivity contribution in [1.82, 2.24) is 0 Å². The third-order valence-corrected chi connectivity index (χ3v) is 4.14. The number of halogens is 2. The van der Waals surface area contributed by atoms with Crippen molar-refractivity contribution in [3.8, 4) is 0 Å². The average Bonchev–Trinajstić information content (AvgIpc) is 2.73. The van der Waals surface area contributed by atoms with E-state index in [9.17, 15) is 4.39 Å². The Morgan fingerprint density at radius 1 is 1.41 bits per heavy atom. The van der Waals surface area contributed by atoms with Crippen LogP contribution in [0.2, 0.25) is 0 Å². The first-order valence-electron chi connectivity index (χ1n) is 5.15. The van der Waals surface area contributed by atoms with Gasteiger partial charge < -0.3 is 11.1 Å². The number of hydrogen-bond donors (Lipinski definition) is 2. The number of benzene rings is 1. The van der Waals surface area contributed by atoms with E-state index in [1.54, 1.807) is 17.4 Å². The molecule has 0 bridgehead atoms. The maximum atomic E-state index is 13.1. The van der Waals surface area contributed by atoms with Crippen LogP contribution >= 0.6 is 27.3 Å². The van der Waals surface area contributed by atoms with Crippen molar-refractivity contribution >= 4 is 33.0 Å². The number of rotatable bonds is 4. The highest BCUT2D eigenvalue weighted by Gasteiger charge is 2.11. The Hall–Kier alpha value is -0.910. The van der Waals surface area contributed by atoms with Crippen LogP contribution in [-0.4, -0.2) is 6.54 Å². The summed E-state index contributed by atoms with van der Waals surface area (Å²) in [7, 11) is 0. The molecule has 0 fully saturated rings. The predicted molar refractivity (Wildman–Crippen MR) is 73.8 cm³/mol. The van der Waals surface area contributed by atoms with Crippen LogP contribution < -0.4 is 11.1 Å². The van der Waals surface area contributed by atoms with Crippen LogP contribution in [0, 0.1) is 5.82 Å². The summed E-state index contributed by atoms with van der Waals surface area (Å²) in [5, 5.41) is 5.23. The molecule has 1 unspecified atom stereocenters. The topological polar surface area (TPSA) is 38.0 Å². The number of thiophene rings is 1. The summed E-state index contributed by atoms with van der Waals surface area (Å²) in [4.78, 5) is 1.13. The number of hydrogen-bond acceptors (Lipinski definition) is 3. The summed E-state index contributed by atoms with van der Waals surface area (Å²) < 4.78 is 14.1. The van der Waals surface area contributed by atoms with Crippen molar-refractivity contribution in [3.05, 3.63) is 50.9 Å². The second-order valence-electron chi connectivity index (χ2n) is 3.61. The summed E-state index contributed by atoms with van der Waals surface area (Å²) in [6.07, 6.45) is 0. The van der Waals surface area contributed by atoms with E-state index in [1.807, 2.05) is 17.5 Å². The Morgan fingerprint density at radius 2 is 2.24 bits per heavy atom. The molecule has 0 aliphatic rings. The summed E-state index contributed by atoms with van der Waals surface area (Å²) >= 11 is 5.03. The highest BCUT2D eigenvalue weighted by Crippen LogP contribution is 2.27. The summed E-state index contributed by atoms with van der Waals surface area (Å²) in [6.45, 7) is 0.462. The highest BCUT2D eigenvalue weighted by atomic mass is 79.9. The molecule has 1 atom stereocenters. The lowest BCUT2D eigenvalue weighted by molar-refractivity contribution is 0.627. The molecule has 2 rings (SSSR count). The second kappa shape index (κ2) is 5.62. The molecule has 1 aromatic heterocycles. The average molecular weight is 315 g/mol. The van der Waals surface area contributed by atoms with Gasteiger partial charge in [-0.15, -0.1) is 11.3 Å². The molecule has 0 radical (unpaired) electrons. The van der Waals surface area contributed by atoms with Crippen LogP contribution in [-0.2, 0) is 0 Å². The van der Waals surface area contributed by atoms with Gasteiger partial charge >= 0.3 is 0 Å². The van der Waals surface area contributed by atoms with Gasteiger partial charge in [0.15, 0.2) is 0 Å². The first kappa shape index (κ1) is 12.5. The number of nitrogens with two attached hydrogens (primary N) is 1. The molecule has 17 heavy (non-hydrogen) atoms. The smallest absolute Gasteiger partial charge is 0.125 e. The lowest BCUT2D eigenvalue weighted by Crippen LogP contribution is -2.19. The third-order valence-electron chi connectivity index (χ3n) is 2.33. The van der Waals surface area contributed by atoms with Gasteiger partial charge in [-0.3, -0.25) is 0 Å². The van der Waals surface area contributed by atoms with Crippen LogP contribution in [0.15, 0.2) is 40.2 Å². The van der Waals surface area contributed by atoms with E-state index < -0.39 is 0 Å². The van der Waals surface area contributed by atoms with Crippen molar-refractivity contribution in [2.75, 3.05) is 11.9 Å². The van der Waals surface area contributed by atoms with E-state index in [2.05, 4.69) is 21.2 Å². The predicted octanol–water partition coefficient (Wildman–Crippen LogP) is 3.76. The Morgan fingerprint density at radius 3 is 2.82 bits per heavy atom. The van der Waals surface area contributed by atoms with E-state index in [1.165, 1.54) is 12.1 Å². The maximum absolute atomic E-state index is 13.1. The minimum atomic E-state index is -0.252. The molecule has 1 aromatic carbocycles. The van der Waals surface area contributed by atoms with Gasteiger partial charge in [0.25, 0.3) is 0 Å². The van der Waals surface area contributed by atoms with E-state index in [0.29, 0.717) is 6.54 Å². The summed E-state index contributed by atoms with van der Waals surface area (Å²) in [5.41, 5.74) is 6.48. The largest absolute Gasteiger partial charge is 0.376 e. The molecule has 5 heteroatoms. The van der Waals surface area contributed by atoms with Crippen molar-refractivity contribution in [1.29, 1.82) is 0 Å². The van der Waals surface area contributed by atoms with Crippen LogP contribution in [0.3, 0.4) is 0 Å². The molecule has 0 aliphatic heterocycles. The first-order chi connectivity index (χ1) is 8.19. The summed E-state index contributed by atoms with van der Waals surface area (Å²) in [5.74, 6) is -0.252. The van der Waals surface area contributed by atoms with Crippen molar-refractivity contribution in [2.24, 2.45) is 5.73 Å². The molecule has 0 amide bonds. The lowest BCUT2D eigenvalue weighted by atomic mass is 10.2. The first-order valence-corrected chi connectivity index (χ1v) is 6.82. The van der Waals surface area contributed by atoms with E-state index >= 15 is 0 Å². The molecule has 0 spiro atoms. The molecular weight excluding hydrogens is 303 g/mol. The zero-order chi connectivity index (χ0) is 12.3. The quantitative estimate of drug-likeness (QED) is 0.901. The normalized spacial score (nSPS) is 12.4. The molecule has 0 aliphatic carbocycles. The second-order valence-corrected chi connectivity index (χ2v) is 5.47. The zero-order valence-corrected chi connectivity index (χ0v) is 11.4. The van der Waals surface area contributed by atoms with Gasteiger partial charge in [0, 0.05) is 27.0 Å². The maximum Gasteiger partial charge on any atom is 0.125 e. The fourth-order valence-corrected chi connectivity index (χ4v) is 3.05. The van der Waals surface area contributed by atoms with Gasteiger partial charge in [0.1, 0.15) is 5.82 Å². The van der Waals surface area contributed by atoms with E-state index in [4.69, 9.17) is 5.73 Å². The molecule has 0 saturated heterocycles. The van der Waals surface area contributed by atoms with Crippen LogP contribution in [0.5, 0.6) is 0 Å². The molecule has 1 heterocycles. The van der Waals surface area contributed by atoms with Gasteiger partial charge in [-0.1, -0.05) is 6.07 Å². The van der Waals surface area contributed by atoms with Crippen LogP contribution in [0.4, 0.5) is 10.1 Å². The highest BCUT2D eigenvalue weighted by molar-refractivity contribution is 9.10. The van der Waals surface area contributed by atoms with Crippen molar-refractivity contribution in [2.45, 2.75) is 6.04 Å². The number of anilines is 1. The van der Waals surface area contributed by atoms with E-state index in [0.717, 1.165) is 15.0 Å². The Bertz CT molecular complexity index is 501. The molecule has 90 valence electrons. The van der Waals surface area contributed by atoms with Gasteiger partial charge in [-0.05, 0) is 40.2 Å². The van der Waals surface area contributed by atoms with Crippen LogP contribution in [0.1, 0.15) is 10.9 Å². The van der Waals surface area contributed by atoms with Crippen molar-refractivity contribution < 1.29 is 4.39 Å². The molecule has 3 N–H and O–H groups in total. The molecule has 2 aromatic rings. The van der Waals surface area contributed by atoms with Gasteiger partial charge in [-0.25, -0.2) is 4.39 Å². The number of nitrogens with one attached hydrogen (secondary N) is 1. The molecule has 2 nitrogen and oxygen atoms in total. The minimum Gasteiger partial charge on any atom is -0.376 e. The molecule has 0 saturated carbocycles. The Balaban J connectivity index is 2.15. The van der Waals surface area contributed by atoms with E-state index in [-0.39, 0.29) is 11.9 Å². The lowest BCUT2D eigenvalue weighted by Gasteiger charge is -2.16. The SMILES string of the molecule is NCC(Nc1cccc(F)c1)c1cc(Br)cs1. The van der Waals surface area contributed by atoms with Gasteiger partial charge in [0.2, 0.25) is 0 Å². The summed E-state index contributed by atoms with van der Waals surface area (Å²) in [6, 6.07) is 8.42. The Kier molecular flexibility index (Phi) is 4.15. The zero-order valence-electron chi connectivity index (χ0n) is 8.99. The van der Waals surface area contributed by atoms with Crippen molar-refractivity contribution in [3.63, 3.8) is 0 Å². The van der Waals surface area contributed by atoms with Gasteiger partial charge in [-0.2, -0.15) is 0 Å². The minimum absolute atomic E-state index is 0.00750. The fraction of sp³-hybridized carbons (Fsp3) is 0.167. The Labute approximate surface area is 112 Å². The fourth-order valence-electron chi connectivity index (χ4n) is 1.54. The monoisotopic (exact) mass is 314 g/mol. The third kappa shape index (κ3) is 3.28. The standard InChI is InChI=1S/C12H12BrFN2S/c13-8-4-12(17-7-8)11(6-15)16-10-3-1-2-9(14)5-10/h1-5,7,11,16H,6,15H2.